The Hall–Kier alpha value is -4.64. The van der Waals surface area contributed by atoms with E-state index in [1.54, 1.807) is 10.9 Å². The first-order chi connectivity index (χ1) is 16.5. The average Bonchev–Trinajstić information content (AvgIpc) is 3.47. The van der Waals surface area contributed by atoms with Gasteiger partial charge in [0.25, 0.3) is 5.56 Å². The fourth-order valence-corrected chi connectivity index (χ4v) is 3.98. The molecule has 0 saturated carbocycles. The molecule has 0 aliphatic carbocycles. The third-order valence-corrected chi connectivity index (χ3v) is 5.60. The summed E-state index contributed by atoms with van der Waals surface area (Å²) in [6, 6.07) is 19.5. The number of rotatable bonds is 6. The maximum atomic E-state index is 13.1. The summed E-state index contributed by atoms with van der Waals surface area (Å²) in [5.41, 5.74) is 3.41. The highest BCUT2D eigenvalue weighted by Gasteiger charge is 2.20. The molecule has 1 N–H and O–H groups in total. The molecular weight excluding hydrogens is 428 g/mol. The number of benzene rings is 2. The Morgan fingerprint density at radius 3 is 2.59 bits per heavy atom. The number of nitriles is 1. The van der Waals surface area contributed by atoms with Crippen molar-refractivity contribution in [3.8, 4) is 28.8 Å². The summed E-state index contributed by atoms with van der Waals surface area (Å²) in [4.78, 5) is 16.4. The topological polar surface area (TPSA) is 101 Å². The van der Waals surface area contributed by atoms with Crippen molar-refractivity contribution in [2.24, 2.45) is 0 Å². The molecule has 0 bridgehead atoms. The summed E-state index contributed by atoms with van der Waals surface area (Å²) in [7, 11) is 0. The van der Waals surface area contributed by atoms with E-state index in [0.717, 1.165) is 22.6 Å². The average molecular weight is 451 g/mol. The van der Waals surface area contributed by atoms with Crippen LogP contribution in [0.15, 0.2) is 78.0 Å². The van der Waals surface area contributed by atoms with Crippen LogP contribution in [0.3, 0.4) is 0 Å². The van der Waals surface area contributed by atoms with Crippen molar-refractivity contribution in [3.63, 3.8) is 0 Å². The number of hydrogen-bond acceptors (Lipinski definition) is 5. The van der Waals surface area contributed by atoms with Gasteiger partial charge in [-0.15, -0.1) is 0 Å². The van der Waals surface area contributed by atoms with Crippen LogP contribution in [0.1, 0.15) is 36.5 Å². The Morgan fingerprint density at radius 2 is 1.82 bits per heavy atom. The van der Waals surface area contributed by atoms with Gasteiger partial charge in [0.1, 0.15) is 23.1 Å². The van der Waals surface area contributed by atoms with E-state index in [4.69, 9.17) is 4.74 Å². The number of H-pyrrole nitrogens is 1. The monoisotopic (exact) mass is 450 g/mol. The summed E-state index contributed by atoms with van der Waals surface area (Å²) in [5.74, 6) is 1.46. The number of nitrogens with zero attached hydrogens (tertiary/aromatic N) is 5. The van der Waals surface area contributed by atoms with Gasteiger partial charge in [0, 0.05) is 22.9 Å². The molecular formula is C26H22N6O2. The smallest absolute Gasteiger partial charge is 0.278 e. The lowest BCUT2D eigenvalue weighted by Crippen LogP contribution is -2.22. The predicted octanol–water partition coefficient (Wildman–Crippen LogP) is 4.72. The summed E-state index contributed by atoms with van der Waals surface area (Å²) in [6.07, 6.45) is 5.00. The Labute approximate surface area is 195 Å². The second-order valence-electron chi connectivity index (χ2n) is 8.25. The summed E-state index contributed by atoms with van der Waals surface area (Å²) >= 11 is 0. The third kappa shape index (κ3) is 3.84. The van der Waals surface area contributed by atoms with E-state index in [0.29, 0.717) is 29.0 Å². The van der Waals surface area contributed by atoms with E-state index in [1.165, 1.54) is 10.7 Å². The van der Waals surface area contributed by atoms with Crippen molar-refractivity contribution >= 4 is 5.65 Å². The molecule has 168 valence electrons. The molecule has 0 spiro atoms. The molecule has 3 heterocycles. The first kappa shape index (κ1) is 21.2. The van der Waals surface area contributed by atoms with Crippen LogP contribution in [-0.4, -0.2) is 24.4 Å². The first-order valence-electron chi connectivity index (χ1n) is 10.9. The fourth-order valence-electron chi connectivity index (χ4n) is 3.98. The van der Waals surface area contributed by atoms with Crippen molar-refractivity contribution in [3.05, 3.63) is 100 Å². The van der Waals surface area contributed by atoms with Crippen molar-refractivity contribution < 1.29 is 4.74 Å². The molecule has 0 fully saturated rings. The zero-order valence-corrected chi connectivity index (χ0v) is 18.8. The van der Waals surface area contributed by atoms with Gasteiger partial charge < -0.3 is 9.72 Å². The summed E-state index contributed by atoms with van der Waals surface area (Å²) < 4.78 is 9.13. The predicted molar refractivity (Wildman–Crippen MR) is 128 cm³/mol. The molecule has 0 unspecified atom stereocenters. The van der Waals surface area contributed by atoms with Gasteiger partial charge in [0.2, 0.25) is 0 Å². The molecule has 3 aromatic heterocycles. The SMILES string of the molecule is CC(C)c1c(-c2cnn(Cc3ccccc3Oc3ccccc3)c2)[nH]c2c(C#N)cnn2c1=O. The Morgan fingerprint density at radius 1 is 1.06 bits per heavy atom. The second-order valence-corrected chi connectivity index (χ2v) is 8.25. The van der Waals surface area contributed by atoms with Crippen molar-refractivity contribution in [1.29, 1.82) is 5.26 Å². The van der Waals surface area contributed by atoms with Gasteiger partial charge in [-0.3, -0.25) is 9.48 Å². The van der Waals surface area contributed by atoms with Gasteiger partial charge >= 0.3 is 0 Å². The van der Waals surface area contributed by atoms with E-state index >= 15 is 0 Å². The molecule has 0 atom stereocenters. The van der Waals surface area contributed by atoms with E-state index in [2.05, 4.69) is 21.3 Å². The van der Waals surface area contributed by atoms with E-state index < -0.39 is 0 Å². The highest BCUT2D eigenvalue weighted by Crippen LogP contribution is 2.28. The molecule has 8 heteroatoms. The van der Waals surface area contributed by atoms with Gasteiger partial charge in [-0.1, -0.05) is 50.2 Å². The standard InChI is InChI=1S/C26H22N6O2/c1-17(2)23-24(30-25-19(12-27)13-29-32(25)26(23)33)20-14-28-31(16-20)15-18-8-6-7-11-22(18)34-21-9-4-3-5-10-21/h3-11,13-14,16-17,30H,15H2,1-2H3. The largest absolute Gasteiger partial charge is 0.457 e. The lowest BCUT2D eigenvalue weighted by Gasteiger charge is -2.12. The zero-order chi connectivity index (χ0) is 23.7. The highest BCUT2D eigenvalue weighted by molar-refractivity contribution is 5.67. The second kappa shape index (κ2) is 8.71. The summed E-state index contributed by atoms with van der Waals surface area (Å²) in [6.45, 7) is 4.40. The Kier molecular flexibility index (Phi) is 5.44. The number of aromatic nitrogens is 5. The van der Waals surface area contributed by atoms with Gasteiger partial charge in [0.05, 0.1) is 24.6 Å². The Balaban J connectivity index is 1.52. The molecule has 34 heavy (non-hydrogen) atoms. The van der Waals surface area contributed by atoms with Crippen LogP contribution in [0.4, 0.5) is 0 Å². The minimum atomic E-state index is -0.241. The quantitative estimate of drug-likeness (QED) is 0.403. The molecule has 2 aromatic carbocycles. The van der Waals surface area contributed by atoms with Crippen molar-refractivity contribution in [2.45, 2.75) is 26.3 Å². The van der Waals surface area contributed by atoms with Crippen LogP contribution in [0.25, 0.3) is 16.9 Å². The van der Waals surface area contributed by atoms with Crippen LogP contribution in [-0.2, 0) is 6.54 Å². The molecule has 8 nitrogen and oxygen atoms in total. The van der Waals surface area contributed by atoms with E-state index in [1.807, 2.05) is 74.6 Å². The molecule has 0 aliphatic rings. The van der Waals surface area contributed by atoms with Gasteiger partial charge in [-0.25, -0.2) is 0 Å². The van der Waals surface area contributed by atoms with Crippen molar-refractivity contribution in [2.75, 3.05) is 0 Å². The lowest BCUT2D eigenvalue weighted by atomic mass is 10.00. The maximum Gasteiger partial charge on any atom is 0.278 e. The number of fused-ring (bicyclic) bond motifs is 1. The van der Waals surface area contributed by atoms with Gasteiger partial charge in [-0.05, 0) is 24.1 Å². The van der Waals surface area contributed by atoms with Crippen molar-refractivity contribution in [1.82, 2.24) is 24.4 Å². The van der Waals surface area contributed by atoms with Crippen LogP contribution in [0, 0.1) is 11.3 Å². The zero-order valence-electron chi connectivity index (χ0n) is 18.8. The highest BCUT2D eigenvalue weighted by atomic mass is 16.5. The Bertz CT molecular complexity index is 1570. The van der Waals surface area contributed by atoms with Crippen LogP contribution in [0.2, 0.25) is 0 Å². The molecule has 0 aliphatic heterocycles. The minimum Gasteiger partial charge on any atom is -0.457 e. The van der Waals surface area contributed by atoms with Crippen LogP contribution < -0.4 is 10.3 Å². The van der Waals surface area contributed by atoms with Crippen LogP contribution in [0.5, 0.6) is 11.5 Å². The van der Waals surface area contributed by atoms with Gasteiger partial charge in [0.15, 0.2) is 5.65 Å². The first-order valence-corrected chi connectivity index (χ1v) is 10.9. The van der Waals surface area contributed by atoms with E-state index in [-0.39, 0.29) is 11.5 Å². The molecule has 0 amide bonds. The number of hydrogen-bond donors (Lipinski definition) is 1. The molecule has 5 aromatic rings. The third-order valence-electron chi connectivity index (χ3n) is 5.60. The fraction of sp³-hybridized carbons (Fsp3) is 0.154. The molecule has 0 radical (unpaired) electrons. The number of nitrogens with one attached hydrogen (secondary N) is 1. The summed E-state index contributed by atoms with van der Waals surface area (Å²) in [5, 5.41) is 18.0. The number of ether oxygens (including phenoxy) is 1. The number of aromatic amines is 1. The molecule has 0 saturated heterocycles. The normalized spacial score (nSPS) is 11.1. The van der Waals surface area contributed by atoms with Gasteiger partial charge in [-0.2, -0.15) is 20.0 Å². The lowest BCUT2D eigenvalue weighted by molar-refractivity contribution is 0.472. The van der Waals surface area contributed by atoms with E-state index in [9.17, 15) is 10.1 Å². The minimum absolute atomic E-state index is 0.0544. The maximum absolute atomic E-state index is 13.1. The number of para-hydroxylation sites is 2. The van der Waals surface area contributed by atoms with Crippen LogP contribution >= 0.6 is 0 Å². The molecule has 5 rings (SSSR count).